The number of nitrogens with zero attached hydrogens (tertiary/aromatic N) is 2. The molecule has 4 aliphatic rings. The molecule has 2 fully saturated rings. The van der Waals surface area contributed by atoms with Crippen molar-refractivity contribution in [2.45, 2.75) is 56.5 Å². The van der Waals surface area contributed by atoms with Crippen LogP contribution in [0.2, 0.25) is 0 Å². The van der Waals surface area contributed by atoms with E-state index in [-0.39, 0.29) is 95.6 Å². The molecular weight excluding hydrogens is 738 g/mol. The molecule has 0 aliphatic carbocycles. The number of nitrogens with one attached hydrogen (secondary N) is 2. The first-order valence-electron chi connectivity index (χ1n) is 15.8. The molecule has 0 aromatic heterocycles. The van der Waals surface area contributed by atoms with E-state index >= 15 is 0 Å². The normalized spacial score (nSPS) is 20.1. The minimum absolute atomic E-state index is 0. The molecule has 4 heterocycles. The van der Waals surface area contributed by atoms with Gasteiger partial charge in [-0.25, -0.2) is 15.0 Å². The Hall–Kier alpha value is -2.61. The molecule has 270 valence electrons. The van der Waals surface area contributed by atoms with Crippen LogP contribution in [-0.2, 0) is 20.7 Å². The Morgan fingerprint density at radius 1 is 0.865 bits per heavy atom. The summed E-state index contributed by atoms with van der Waals surface area (Å²) in [5, 5.41) is 4.61. The van der Waals surface area contributed by atoms with Gasteiger partial charge in [0.1, 0.15) is 21.2 Å². The molecule has 0 spiro atoms. The van der Waals surface area contributed by atoms with Crippen molar-refractivity contribution in [2.75, 3.05) is 44.0 Å². The summed E-state index contributed by atoms with van der Waals surface area (Å²) in [5.74, 6) is 1.12. The Bertz CT molecular complexity index is 1940. The second-order valence-corrected chi connectivity index (χ2v) is 14.4. The first kappa shape index (κ1) is 43.8. The van der Waals surface area contributed by atoms with Crippen molar-refractivity contribution in [3.8, 4) is 17.2 Å². The molecular formula is C33H38N4Na2O11S2. The largest absolute Gasteiger partial charge is 1.00 e. The zero-order valence-electron chi connectivity index (χ0n) is 29.6. The Balaban J connectivity index is 0.00000116. The van der Waals surface area contributed by atoms with E-state index in [1.54, 1.807) is 36.3 Å². The summed E-state index contributed by atoms with van der Waals surface area (Å²) >= 11 is 0. The van der Waals surface area contributed by atoms with E-state index in [1.807, 2.05) is 13.5 Å². The van der Waals surface area contributed by atoms with Gasteiger partial charge in [-0.15, -0.1) is 12.6 Å². The van der Waals surface area contributed by atoms with Crippen LogP contribution >= 0.6 is 0 Å². The van der Waals surface area contributed by atoms with E-state index in [0.717, 1.165) is 36.8 Å². The van der Waals surface area contributed by atoms with Gasteiger partial charge in [-0.1, -0.05) is 30.3 Å². The maximum absolute atomic E-state index is 13.3. The van der Waals surface area contributed by atoms with Crippen LogP contribution < -0.4 is 84.0 Å². The second kappa shape index (κ2) is 18.6. The predicted molar refractivity (Wildman–Crippen MR) is 181 cm³/mol. The van der Waals surface area contributed by atoms with Gasteiger partial charge in [0.05, 0.1) is 43.2 Å². The molecule has 4 aliphatic heterocycles. The third-order valence-corrected chi connectivity index (χ3v) is 9.93. The van der Waals surface area contributed by atoms with E-state index in [4.69, 9.17) is 26.8 Å². The minimum Gasteiger partial charge on any atom is -0.746 e. The molecule has 52 heavy (non-hydrogen) atoms. The Kier molecular flexibility index (Phi) is 15.7. The molecule has 19 heteroatoms. The van der Waals surface area contributed by atoms with Crippen LogP contribution in [0, 0.1) is 13.5 Å². The number of aryl methyl sites for hydroxylation is 1. The number of amides is 2. The van der Waals surface area contributed by atoms with Gasteiger partial charge in [-0.2, -0.15) is 0 Å². The number of anilines is 2. The number of ether oxygens (including phenoxy) is 3. The summed E-state index contributed by atoms with van der Waals surface area (Å²) in [6.45, 7) is 13.2. The van der Waals surface area contributed by atoms with Gasteiger partial charge < -0.3 is 39.2 Å². The van der Waals surface area contributed by atoms with Crippen LogP contribution in [0.5, 0.6) is 17.2 Å². The summed E-state index contributed by atoms with van der Waals surface area (Å²) < 4.78 is 79.4. The van der Waals surface area contributed by atoms with E-state index in [2.05, 4.69) is 23.8 Å². The van der Waals surface area contributed by atoms with Gasteiger partial charge in [0.15, 0.2) is 11.5 Å². The van der Waals surface area contributed by atoms with E-state index in [1.165, 1.54) is 4.90 Å². The molecule has 0 radical (unpaired) electrons. The van der Waals surface area contributed by atoms with Crippen molar-refractivity contribution in [1.29, 1.82) is 0 Å². The molecule has 1 unspecified atom stereocenters. The third kappa shape index (κ3) is 10.1. The molecule has 6 rings (SSSR count). The van der Waals surface area contributed by atoms with E-state index in [0.29, 0.717) is 59.4 Å². The molecule has 0 saturated carbocycles. The smallest absolute Gasteiger partial charge is 0.746 e. The number of carbonyl (C=O) groups excluding carboxylic acids is 2. The van der Waals surface area contributed by atoms with Crippen LogP contribution in [0.1, 0.15) is 58.4 Å². The van der Waals surface area contributed by atoms with Crippen molar-refractivity contribution in [2.24, 2.45) is 0 Å². The van der Waals surface area contributed by atoms with Crippen molar-refractivity contribution in [3.63, 3.8) is 0 Å². The quantitative estimate of drug-likeness (QED) is 0.0818. The number of benzene rings is 2. The zero-order chi connectivity index (χ0) is 36.3. The molecule has 15 nitrogen and oxygen atoms in total. The molecule has 2 aromatic rings. The average molecular weight is 777 g/mol. The standard InChI is InChI=1S/C33H39N4O8S.2Na.O3S/c1-19-10-22-16-34-25-14-30(29(43-4)13-24(25)32(38)36(22)17-19)45-9-7-5-6-8-44-28-15-26-23(12-21(28)3)33(39)37-18-20(2)11-27(37)31(35-26)46(40,41)42;;;1-4(2)3/h12-16,22,27,31,34-35H,1-2,5-11,17-18H2,3-4H3,(H,40,41,42);;;/q-1;2*+1;/p-1/t22-,27-,31?;;;/m0.../s1. The van der Waals surface area contributed by atoms with Crippen LogP contribution in [0.15, 0.2) is 48.6 Å². The SMILES string of the molecule is C=C1C[C@H]2[CH-]Nc3cc(OCCCCCOc4cc5c(cc4C)C(=O)N4CC(=C)C[C@H]4C(S(=O)(=O)[O-])N5)c(OC)cc3C(=O)N2C1.O=S(=O)=O.[Na+].[Na+]. The second-order valence-electron chi connectivity index (χ2n) is 12.5. The van der Waals surface area contributed by atoms with Crippen LogP contribution in [0.3, 0.4) is 0 Å². The van der Waals surface area contributed by atoms with Crippen molar-refractivity contribution < 1.29 is 109 Å². The minimum atomic E-state index is -4.77. The van der Waals surface area contributed by atoms with Gasteiger partial charge in [-0.05, 0) is 56.7 Å². The number of fused-ring (bicyclic) bond motifs is 4. The fraction of sp³-hybridized carbons (Fsp3) is 0.424. The maximum atomic E-state index is 13.3. The zero-order valence-corrected chi connectivity index (χ0v) is 35.2. The van der Waals surface area contributed by atoms with Crippen LogP contribution in [0.4, 0.5) is 11.4 Å². The Morgan fingerprint density at radius 2 is 1.42 bits per heavy atom. The predicted octanol–water partition coefficient (Wildman–Crippen LogP) is -2.94. The van der Waals surface area contributed by atoms with Crippen LogP contribution in [0.25, 0.3) is 0 Å². The molecule has 2 aromatic carbocycles. The average Bonchev–Trinajstić information content (AvgIpc) is 3.56. The summed E-state index contributed by atoms with van der Waals surface area (Å²) in [6, 6.07) is 5.92. The third-order valence-electron chi connectivity index (χ3n) is 8.88. The number of hydrogen-bond acceptors (Lipinski definition) is 13. The monoisotopic (exact) mass is 776 g/mol. The van der Waals surface area contributed by atoms with Gasteiger partial charge in [-0.3, -0.25) is 9.59 Å². The van der Waals surface area contributed by atoms with Crippen LogP contribution in [-0.4, -0.2) is 98.1 Å². The number of rotatable bonds is 10. The molecule has 2 amide bonds. The molecule has 0 bridgehead atoms. The number of methoxy groups -OCH3 is 1. The summed E-state index contributed by atoms with van der Waals surface area (Å²) in [4.78, 5) is 29.7. The fourth-order valence-electron chi connectivity index (χ4n) is 6.54. The van der Waals surface area contributed by atoms with Gasteiger partial charge >= 0.3 is 69.7 Å². The molecule has 2 saturated heterocycles. The number of carbonyl (C=O) groups is 2. The first-order valence-corrected chi connectivity index (χ1v) is 18.3. The number of unbranched alkanes of at least 4 members (excludes halogenated alkanes) is 2. The first-order chi connectivity index (χ1) is 23.7. The molecule has 2 N–H and O–H groups in total. The fourth-order valence-corrected chi connectivity index (χ4v) is 7.44. The Labute approximate surface area is 348 Å². The summed E-state index contributed by atoms with van der Waals surface area (Å²) in [7, 11) is -6.33. The van der Waals surface area contributed by atoms with Gasteiger partial charge in [0.2, 0.25) is 0 Å². The van der Waals surface area contributed by atoms with E-state index in [9.17, 15) is 22.6 Å². The molecule has 3 atom stereocenters. The maximum Gasteiger partial charge on any atom is 1.00 e. The van der Waals surface area contributed by atoms with Crippen molar-refractivity contribution in [3.05, 3.63) is 71.8 Å². The van der Waals surface area contributed by atoms with E-state index < -0.39 is 32.1 Å². The topological polar surface area (TPSA) is 201 Å². The van der Waals surface area contributed by atoms with Gasteiger partial charge in [0.25, 0.3) is 11.8 Å². The summed E-state index contributed by atoms with van der Waals surface area (Å²) in [6.07, 6.45) is 3.24. The van der Waals surface area contributed by atoms with Crippen molar-refractivity contribution >= 4 is 43.9 Å². The number of hydrogen-bond donors (Lipinski definition) is 2. The van der Waals surface area contributed by atoms with Crippen molar-refractivity contribution in [1.82, 2.24) is 9.80 Å². The van der Waals surface area contributed by atoms with Gasteiger partial charge in [0, 0.05) is 30.9 Å². The summed E-state index contributed by atoms with van der Waals surface area (Å²) in [5.41, 5.74) is 4.21. The Morgan fingerprint density at radius 3 is 2.06 bits per heavy atom.